The van der Waals surface area contributed by atoms with Crippen molar-refractivity contribution >= 4 is 11.6 Å². The second kappa shape index (κ2) is 7.46. The number of pyridine rings is 1. The van der Waals surface area contributed by atoms with Crippen molar-refractivity contribution in [2.75, 3.05) is 0 Å². The molecule has 3 nitrogen and oxygen atoms in total. The van der Waals surface area contributed by atoms with Gasteiger partial charge in [-0.2, -0.15) is 0 Å². The minimum absolute atomic E-state index is 0.0853. The lowest BCUT2D eigenvalue weighted by Crippen LogP contribution is -2.35. The first-order valence-electron chi connectivity index (χ1n) is 8.00. The van der Waals surface area contributed by atoms with Crippen LogP contribution in [0, 0.1) is 0 Å². The molecule has 0 bridgehead atoms. The van der Waals surface area contributed by atoms with E-state index in [1.165, 1.54) is 25.7 Å². The summed E-state index contributed by atoms with van der Waals surface area (Å²) in [6, 6.07) is 1.96. The van der Waals surface area contributed by atoms with Crippen LogP contribution in [-0.4, -0.2) is 16.6 Å². The summed E-state index contributed by atoms with van der Waals surface area (Å²) >= 11 is 6.32. The molecule has 1 aromatic rings. The third kappa shape index (κ3) is 5.84. The maximum atomic E-state index is 6.32. The highest BCUT2D eigenvalue weighted by atomic mass is 35.5. The molecule has 1 heterocycles. The molecular weight excluding hydrogens is 284 g/mol. The average Bonchev–Trinajstić information content (AvgIpc) is 2.67. The van der Waals surface area contributed by atoms with Crippen LogP contribution >= 0.6 is 11.6 Å². The number of nitrogens with one attached hydrogen (secondary N) is 1. The second-order valence-corrected chi connectivity index (χ2v) is 7.37. The Kier molecular flexibility index (Phi) is 5.88. The van der Waals surface area contributed by atoms with Crippen molar-refractivity contribution in [2.24, 2.45) is 0 Å². The van der Waals surface area contributed by atoms with Gasteiger partial charge in [-0.3, -0.25) is 0 Å². The molecule has 118 valence electrons. The molecular formula is C17H27ClN2O. The quantitative estimate of drug-likeness (QED) is 0.817. The number of aromatic nitrogens is 1. The van der Waals surface area contributed by atoms with E-state index in [0.29, 0.717) is 10.9 Å². The molecule has 0 unspecified atom stereocenters. The van der Waals surface area contributed by atoms with E-state index in [1.54, 1.807) is 0 Å². The van der Waals surface area contributed by atoms with Gasteiger partial charge in [0.05, 0.1) is 0 Å². The number of nitrogens with zero attached hydrogens (tertiary/aromatic N) is 1. The summed E-state index contributed by atoms with van der Waals surface area (Å²) in [5.41, 5.74) is 1.17. The summed E-state index contributed by atoms with van der Waals surface area (Å²) < 4.78 is 6.00. The first-order valence-corrected chi connectivity index (χ1v) is 8.38. The first kappa shape index (κ1) is 16.6. The molecule has 0 atom stereocenters. The van der Waals surface area contributed by atoms with Crippen molar-refractivity contribution < 1.29 is 4.74 Å². The van der Waals surface area contributed by atoms with Crippen LogP contribution in [0.2, 0.25) is 5.02 Å². The number of hydrogen-bond acceptors (Lipinski definition) is 3. The van der Waals surface area contributed by atoms with Crippen LogP contribution in [0.4, 0.5) is 0 Å². The maximum absolute atomic E-state index is 6.32. The molecule has 4 heteroatoms. The molecule has 0 aliphatic heterocycles. The van der Waals surface area contributed by atoms with E-state index in [1.807, 2.05) is 12.3 Å². The Hall–Kier alpha value is -0.800. The molecule has 0 spiro atoms. The second-order valence-electron chi connectivity index (χ2n) is 6.97. The van der Waals surface area contributed by atoms with Gasteiger partial charge in [-0.25, -0.2) is 4.98 Å². The lowest BCUT2D eigenvalue weighted by Gasteiger charge is -2.21. The van der Waals surface area contributed by atoms with Crippen LogP contribution in [0.3, 0.4) is 0 Å². The predicted octanol–water partition coefficient (Wildman–Crippen LogP) is 4.72. The Morgan fingerprint density at radius 2 is 1.90 bits per heavy atom. The summed E-state index contributed by atoms with van der Waals surface area (Å²) in [5.74, 6) is 0.586. The number of ether oxygens (including phenoxy) is 1. The number of halogens is 1. The third-order valence-corrected chi connectivity index (χ3v) is 4.04. The Labute approximate surface area is 133 Å². The van der Waals surface area contributed by atoms with Crippen LogP contribution in [0.25, 0.3) is 0 Å². The van der Waals surface area contributed by atoms with Gasteiger partial charge in [0, 0.05) is 18.3 Å². The van der Waals surface area contributed by atoms with E-state index >= 15 is 0 Å². The normalized spacial score (nSPS) is 17.5. The van der Waals surface area contributed by atoms with E-state index in [4.69, 9.17) is 16.3 Å². The smallest absolute Gasteiger partial charge is 0.232 e. The summed E-state index contributed by atoms with van der Waals surface area (Å²) in [5, 5.41) is 4.05. The molecule has 0 radical (unpaired) electrons. The fourth-order valence-corrected chi connectivity index (χ4v) is 2.77. The van der Waals surface area contributed by atoms with Crippen molar-refractivity contribution in [3.8, 4) is 5.88 Å². The monoisotopic (exact) mass is 310 g/mol. The highest BCUT2D eigenvalue weighted by molar-refractivity contribution is 6.31. The Balaban J connectivity index is 1.95. The van der Waals surface area contributed by atoms with Crippen molar-refractivity contribution in [1.82, 2.24) is 10.3 Å². The number of hydrogen-bond donors (Lipinski definition) is 1. The van der Waals surface area contributed by atoms with E-state index in [0.717, 1.165) is 24.9 Å². The fourth-order valence-electron chi connectivity index (χ4n) is 2.53. The average molecular weight is 311 g/mol. The molecule has 0 saturated heterocycles. The van der Waals surface area contributed by atoms with Crippen molar-refractivity contribution in [2.45, 2.75) is 77.5 Å². The lowest BCUT2D eigenvalue weighted by atomic mass is 10.1. The molecule has 0 aromatic carbocycles. The topological polar surface area (TPSA) is 34.2 Å². The van der Waals surface area contributed by atoms with Gasteiger partial charge < -0.3 is 10.1 Å². The molecule has 1 aliphatic rings. The van der Waals surface area contributed by atoms with Gasteiger partial charge in [0.15, 0.2) is 0 Å². The minimum atomic E-state index is 0.0853. The molecule has 1 aromatic heterocycles. The van der Waals surface area contributed by atoms with Crippen molar-refractivity contribution in [3.63, 3.8) is 0 Å². The summed E-state index contributed by atoms with van der Waals surface area (Å²) in [6.07, 6.45) is 9.49. The van der Waals surface area contributed by atoms with Crippen LogP contribution in [0.1, 0.15) is 64.9 Å². The zero-order valence-corrected chi connectivity index (χ0v) is 14.2. The standard InChI is InChI=1S/C17H27ClN2O/c1-17(2,3)20-12-13-10-15(18)16(19-11-13)21-14-8-6-4-5-7-9-14/h10-11,14,20H,4-9,12H2,1-3H3. The largest absolute Gasteiger partial charge is 0.473 e. The van der Waals surface area contributed by atoms with E-state index < -0.39 is 0 Å². The van der Waals surface area contributed by atoms with Crippen LogP contribution < -0.4 is 10.1 Å². The highest BCUT2D eigenvalue weighted by Gasteiger charge is 2.16. The van der Waals surface area contributed by atoms with Gasteiger partial charge in [-0.15, -0.1) is 0 Å². The predicted molar refractivity (Wildman–Crippen MR) is 88.0 cm³/mol. The summed E-state index contributed by atoms with van der Waals surface area (Å²) in [4.78, 5) is 4.41. The van der Waals surface area contributed by atoms with Crippen LogP contribution in [-0.2, 0) is 6.54 Å². The maximum Gasteiger partial charge on any atom is 0.232 e. The molecule has 1 fully saturated rings. The molecule has 1 saturated carbocycles. The zero-order valence-electron chi connectivity index (χ0n) is 13.4. The zero-order chi connectivity index (χ0) is 15.3. The Bertz CT molecular complexity index is 449. The fraction of sp³-hybridized carbons (Fsp3) is 0.706. The van der Waals surface area contributed by atoms with Gasteiger partial charge >= 0.3 is 0 Å². The summed E-state index contributed by atoms with van der Waals surface area (Å²) in [7, 11) is 0. The Morgan fingerprint density at radius 3 is 2.48 bits per heavy atom. The van der Waals surface area contributed by atoms with Gasteiger partial charge in [0.25, 0.3) is 0 Å². The van der Waals surface area contributed by atoms with Gasteiger partial charge in [0.1, 0.15) is 11.1 Å². The first-order chi connectivity index (χ1) is 9.94. The molecule has 1 aliphatic carbocycles. The van der Waals surface area contributed by atoms with Crippen LogP contribution in [0.15, 0.2) is 12.3 Å². The van der Waals surface area contributed by atoms with Crippen molar-refractivity contribution in [3.05, 3.63) is 22.8 Å². The van der Waals surface area contributed by atoms with Crippen LogP contribution in [0.5, 0.6) is 5.88 Å². The summed E-state index contributed by atoms with van der Waals surface area (Å²) in [6.45, 7) is 7.20. The highest BCUT2D eigenvalue weighted by Crippen LogP contribution is 2.27. The molecule has 2 rings (SSSR count). The van der Waals surface area contributed by atoms with Crippen molar-refractivity contribution in [1.29, 1.82) is 0 Å². The van der Waals surface area contributed by atoms with Gasteiger partial charge in [-0.05, 0) is 58.1 Å². The molecule has 21 heavy (non-hydrogen) atoms. The minimum Gasteiger partial charge on any atom is -0.473 e. The third-order valence-electron chi connectivity index (χ3n) is 3.77. The molecule has 1 N–H and O–H groups in total. The lowest BCUT2D eigenvalue weighted by molar-refractivity contribution is 0.176. The molecule has 0 amide bonds. The van der Waals surface area contributed by atoms with Gasteiger partial charge in [0.2, 0.25) is 5.88 Å². The van der Waals surface area contributed by atoms with E-state index in [-0.39, 0.29) is 11.6 Å². The SMILES string of the molecule is CC(C)(C)NCc1cnc(OC2CCCCCC2)c(Cl)c1. The Morgan fingerprint density at radius 1 is 1.24 bits per heavy atom. The van der Waals surface area contributed by atoms with Gasteiger partial charge in [-0.1, -0.05) is 24.4 Å². The number of rotatable bonds is 4. The van der Waals surface area contributed by atoms with E-state index in [9.17, 15) is 0 Å². The van der Waals surface area contributed by atoms with E-state index in [2.05, 4.69) is 31.1 Å².